The number of hydrogen-bond donors (Lipinski definition) is 1. The topological polar surface area (TPSA) is 38.3 Å². The summed E-state index contributed by atoms with van der Waals surface area (Å²) in [6.07, 6.45) is 0.00377. The first kappa shape index (κ1) is 19.0. The fraction of sp³-hybridized carbons (Fsp3) is 0.938. The van der Waals surface area contributed by atoms with E-state index in [2.05, 4.69) is 60.7 Å². The predicted molar refractivity (Wildman–Crippen MR) is 92.3 cm³/mol. The Morgan fingerprint density at radius 1 is 1.00 bits per heavy atom. The summed E-state index contributed by atoms with van der Waals surface area (Å²) in [5.74, 6) is 0.266. The smallest absolute Gasteiger partial charge is 0.240 e. The number of β-lactam (4-membered cyclic amide) rings is 1. The van der Waals surface area contributed by atoms with Crippen molar-refractivity contribution in [2.24, 2.45) is 5.92 Å². The maximum absolute atomic E-state index is 11.4. The molecule has 3 nitrogen and oxygen atoms in total. The zero-order chi connectivity index (χ0) is 16.5. The van der Waals surface area contributed by atoms with Crippen molar-refractivity contribution in [3.8, 4) is 0 Å². The van der Waals surface area contributed by atoms with Gasteiger partial charge in [0.1, 0.15) is 5.38 Å². The minimum atomic E-state index is -1.96. The Labute approximate surface area is 136 Å². The van der Waals surface area contributed by atoms with Crippen LogP contribution in [0.3, 0.4) is 0 Å². The van der Waals surface area contributed by atoms with Gasteiger partial charge in [-0.2, -0.15) is 0 Å². The second-order valence-electron chi connectivity index (χ2n) is 7.58. The fourth-order valence-electron chi connectivity index (χ4n) is 3.90. The van der Waals surface area contributed by atoms with Crippen molar-refractivity contribution in [2.75, 3.05) is 0 Å². The first-order valence-corrected chi connectivity index (χ1v) is 10.8. The molecule has 1 amide bonds. The molecule has 0 aromatic rings. The molecule has 0 spiro atoms. The Bertz CT molecular complexity index is 350. The highest BCUT2D eigenvalue weighted by molar-refractivity contribution is 6.77. The summed E-state index contributed by atoms with van der Waals surface area (Å²) in [5, 5.41) is 2.49. The van der Waals surface area contributed by atoms with Crippen LogP contribution in [0, 0.1) is 5.92 Å². The first-order valence-electron chi connectivity index (χ1n) is 8.17. The summed E-state index contributed by atoms with van der Waals surface area (Å²) in [6, 6.07) is -0.0534. The van der Waals surface area contributed by atoms with E-state index in [1.54, 1.807) is 0 Å². The predicted octanol–water partition coefficient (Wildman–Crippen LogP) is 4.31. The largest absolute Gasteiger partial charge is 0.411 e. The summed E-state index contributed by atoms with van der Waals surface area (Å²) in [5.41, 5.74) is 1.59. The Hall–Kier alpha value is -0.0631. The van der Waals surface area contributed by atoms with Gasteiger partial charge in [-0.3, -0.25) is 4.79 Å². The molecule has 1 aliphatic heterocycles. The van der Waals surface area contributed by atoms with Crippen molar-refractivity contribution in [1.82, 2.24) is 5.32 Å². The lowest BCUT2D eigenvalue weighted by atomic mass is 9.92. The molecule has 124 valence electrons. The van der Waals surface area contributed by atoms with Gasteiger partial charge in [-0.15, -0.1) is 11.6 Å². The molecular weight excluding hydrogens is 302 g/mol. The van der Waals surface area contributed by atoms with Crippen molar-refractivity contribution >= 4 is 25.8 Å². The van der Waals surface area contributed by atoms with Gasteiger partial charge < -0.3 is 9.74 Å². The molecule has 0 aromatic heterocycles. The van der Waals surface area contributed by atoms with Crippen LogP contribution < -0.4 is 5.32 Å². The molecule has 1 rings (SSSR count). The minimum Gasteiger partial charge on any atom is -0.411 e. The van der Waals surface area contributed by atoms with Crippen molar-refractivity contribution in [2.45, 2.75) is 89.5 Å². The highest BCUT2D eigenvalue weighted by atomic mass is 35.5. The zero-order valence-corrected chi connectivity index (χ0v) is 16.5. The molecule has 0 aromatic carbocycles. The summed E-state index contributed by atoms with van der Waals surface area (Å²) < 4.78 is 6.85. The van der Waals surface area contributed by atoms with Crippen molar-refractivity contribution in [3.63, 3.8) is 0 Å². The van der Waals surface area contributed by atoms with Gasteiger partial charge in [-0.1, -0.05) is 55.4 Å². The molecular formula is C16H32ClNO2Si. The van der Waals surface area contributed by atoms with Gasteiger partial charge in [-0.25, -0.2) is 0 Å². The van der Waals surface area contributed by atoms with Gasteiger partial charge in [0.05, 0.1) is 12.1 Å². The van der Waals surface area contributed by atoms with Crippen LogP contribution in [0.4, 0.5) is 0 Å². The van der Waals surface area contributed by atoms with E-state index in [0.717, 1.165) is 0 Å². The number of amides is 1. The Morgan fingerprint density at radius 3 is 1.67 bits per heavy atom. The maximum Gasteiger partial charge on any atom is 0.240 e. The maximum atomic E-state index is 11.4. The number of alkyl halides is 1. The number of halogens is 1. The van der Waals surface area contributed by atoms with Gasteiger partial charge >= 0.3 is 0 Å². The molecule has 0 unspecified atom stereocenters. The molecule has 0 bridgehead atoms. The molecule has 1 saturated heterocycles. The third-order valence-corrected chi connectivity index (χ3v) is 11.5. The third-order valence-electron chi connectivity index (χ3n) is 4.93. The monoisotopic (exact) mass is 333 g/mol. The number of nitrogens with one attached hydrogen (secondary N) is 1. The lowest BCUT2D eigenvalue weighted by molar-refractivity contribution is -0.130. The molecule has 1 aliphatic rings. The summed E-state index contributed by atoms with van der Waals surface area (Å²) in [7, 11) is -1.96. The lowest BCUT2D eigenvalue weighted by Gasteiger charge is -2.49. The normalized spacial score (nSPS) is 24.7. The van der Waals surface area contributed by atoms with Crippen molar-refractivity contribution < 1.29 is 9.22 Å². The second-order valence-corrected chi connectivity index (χ2v) is 13.5. The van der Waals surface area contributed by atoms with Crippen LogP contribution in [0.5, 0.6) is 0 Å². The number of carbonyl (C=O) groups is 1. The Kier molecular flexibility index (Phi) is 6.34. The van der Waals surface area contributed by atoms with Crippen LogP contribution >= 0.6 is 11.6 Å². The van der Waals surface area contributed by atoms with E-state index in [0.29, 0.717) is 22.5 Å². The van der Waals surface area contributed by atoms with E-state index < -0.39 is 13.7 Å². The highest BCUT2D eigenvalue weighted by Crippen LogP contribution is 2.44. The average Bonchev–Trinajstić information content (AvgIpc) is 2.36. The average molecular weight is 334 g/mol. The molecule has 3 atom stereocenters. The molecule has 0 radical (unpaired) electrons. The molecule has 21 heavy (non-hydrogen) atoms. The van der Waals surface area contributed by atoms with Gasteiger partial charge in [0.25, 0.3) is 0 Å². The second kappa shape index (κ2) is 7.01. The van der Waals surface area contributed by atoms with Crippen molar-refractivity contribution in [3.05, 3.63) is 0 Å². The van der Waals surface area contributed by atoms with E-state index in [1.807, 2.05) is 0 Å². The number of rotatable bonds is 7. The summed E-state index contributed by atoms with van der Waals surface area (Å²) in [6.45, 7) is 18.0. The molecule has 5 heteroatoms. The van der Waals surface area contributed by atoms with Gasteiger partial charge in [0, 0.05) is 0 Å². The zero-order valence-electron chi connectivity index (χ0n) is 14.7. The van der Waals surface area contributed by atoms with Crippen molar-refractivity contribution in [1.29, 1.82) is 0 Å². The Balaban J connectivity index is 3.06. The van der Waals surface area contributed by atoms with E-state index in [-0.39, 0.29) is 18.1 Å². The lowest BCUT2D eigenvalue weighted by Crippen LogP contribution is -2.68. The molecule has 0 saturated carbocycles. The molecule has 0 aliphatic carbocycles. The fourth-order valence-corrected chi connectivity index (χ4v) is 9.88. The van der Waals surface area contributed by atoms with Gasteiger partial charge in [0.2, 0.25) is 14.2 Å². The Morgan fingerprint density at radius 2 is 1.43 bits per heavy atom. The standard InChI is InChI=1S/C16H32ClNO2Si/c1-9(2)15(14-13(17)16(19)18-14)20-21(10(3)4,11(5)6)12(7)8/h9-15H,1-8H3,(H,18,19)/t13-,14+,15-/m0/s1. The summed E-state index contributed by atoms with van der Waals surface area (Å²) in [4.78, 5) is 11.4. The van der Waals surface area contributed by atoms with Crippen LogP contribution in [-0.2, 0) is 9.22 Å². The van der Waals surface area contributed by atoms with Gasteiger partial charge in [0.15, 0.2) is 0 Å². The first-order chi connectivity index (χ1) is 9.55. The van der Waals surface area contributed by atoms with Crippen LogP contribution in [0.15, 0.2) is 0 Å². The minimum absolute atomic E-state index is 0.00377. The van der Waals surface area contributed by atoms with Crippen LogP contribution in [0.25, 0.3) is 0 Å². The highest BCUT2D eigenvalue weighted by Gasteiger charge is 2.51. The SMILES string of the molecule is CC(C)[C@H](O[Si](C(C)C)(C(C)C)C(C)C)[C@@H]1NC(=O)[C@H]1Cl. The molecule has 1 heterocycles. The van der Waals surface area contributed by atoms with Gasteiger partial charge in [-0.05, 0) is 22.5 Å². The quantitative estimate of drug-likeness (QED) is 0.428. The summed E-state index contributed by atoms with van der Waals surface area (Å²) >= 11 is 6.20. The molecule has 1 N–H and O–H groups in total. The van der Waals surface area contributed by atoms with Crippen LogP contribution in [0.2, 0.25) is 16.6 Å². The van der Waals surface area contributed by atoms with E-state index in [4.69, 9.17) is 16.0 Å². The van der Waals surface area contributed by atoms with Crippen LogP contribution in [0.1, 0.15) is 55.4 Å². The van der Waals surface area contributed by atoms with E-state index in [9.17, 15) is 4.79 Å². The molecule has 1 fully saturated rings. The van der Waals surface area contributed by atoms with E-state index >= 15 is 0 Å². The third kappa shape index (κ3) is 3.48. The number of carbonyl (C=O) groups excluding carboxylic acids is 1. The van der Waals surface area contributed by atoms with E-state index in [1.165, 1.54) is 0 Å². The van der Waals surface area contributed by atoms with Crippen LogP contribution in [-0.4, -0.2) is 31.7 Å². The number of hydrogen-bond acceptors (Lipinski definition) is 2.